The SMILES string of the molecule is CCC(NNC)=C(C)C(=O)CC(C)N1CC[C@H](NCC2CC2C)C1. The molecule has 1 aliphatic heterocycles. The molecule has 0 amide bonds. The minimum Gasteiger partial charge on any atom is -0.325 e. The van der Waals surface area contributed by atoms with E-state index in [1.807, 2.05) is 14.0 Å². The van der Waals surface area contributed by atoms with Crippen LogP contribution in [0.3, 0.4) is 0 Å². The molecular weight excluding hydrogens is 300 g/mol. The fourth-order valence-corrected chi connectivity index (χ4v) is 3.67. The van der Waals surface area contributed by atoms with Crippen LogP contribution in [0.2, 0.25) is 0 Å². The molecule has 2 rings (SSSR count). The Labute approximate surface area is 147 Å². The lowest BCUT2D eigenvalue weighted by atomic mass is 10.0. The Bertz CT molecular complexity index is 462. The maximum absolute atomic E-state index is 12.6. The molecule has 2 aliphatic rings. The number of carbonyl (C=O) groups is 1. The summed E-state index contributed by atoms with van der Waals surface area (Å²) in [5.74, 6) is 2.07. The summed E-state index contributed by atoms with van der Waals surface area (Å²) < 4.78 is 0. The van der Waals surface area contributed by atoms with Crippen LogP contribution >= 0.6 is 0 Å². The van der Waals surface area contributed by atoms with Crippen molar-refractivity contribution in [3.8, 4) is 0 Å². The van der Waals surface area contributed by atoms with E-state index in [-0.39, 0.29) is 5.78 Å². The number of allylic oxidation sites excluding steroid dienone is 2. The molecule has 0 aromatic rings. The summed E-state index contributed by atoms with van der Waals surface area (Å²) in [6, 6.07) is 0.913. The smallest absolute Gasteiger partial charge is 0.161 e. The van der Waals surface area contributed by atoms with Crippen molar-refractivity contribution < 1.29 is 4.79 Å². The topological polar surface area (TPSA) is 56.4 Å². The van der Waals surface area contributed by atoms with E-state index in [0.29, 0.717) is 18.5 Å². The van der Waals surface area contributed by atoms with Crippen LogP contribution in [0, 0.1) is 11.8 Å². The summed E-state index contributed by atoms with van der Waals surface area (Å²) in [6.45, 7) is 11.9. The highest BCUT2D eigenvalue weighted by atomic mass is 16.1. The Morgan fingerprint density at radius 2 is 2.08 bits per heavy atom. The van der Waals surface area contributed by atoms with Gasteiger partial charge in [-0.1, -0.05) is 13.8 Å². The van der Waals surface area contributed by atoms with E-state index in [9.17, 15) is 4.79 Å². The first-order valence-electron chi connectivity index (χ1n) is 9.59. The Morgan fingerprint density at radius 1 is 1.38 bits per heavy atom. The van der Waals surface area contributed by atoms with Gasteiger partial charge in [0.15, 0.2) is 5.78 Å². The zero-order chi connectivity index (χ0) is 17.7. The predicted octanol–water partition coefficient (Wildman–Crippen LogP) is 2.06. The molecule has 4 atom stereocenters. The van der Waals surface area contributed by atoms with Crippen LogP contribution in [0.5, 0.6) is 0 Å². The van der Waals surface area contributed by atoms with Crippen LogP contribution in [-0.4, -0.2) is 49.4 Å². The van der Waals surface area contributed by atoms with Gasteiger partial charge < -0.3 is 10.7 Å². The largest absolute Gasteiger partial charge is 0.325 e. The minimum atomic E-state index is 0.255. The maximum atomic E-state index is 12.6. The molecule has 0 spiro atoms. The highest BCUT2D eigenvalue weighted by Gasteiger charge is 2.34. The molecule has 0 bridgehead atoms. The van der Waals surface area contributed by atoms with E-state index < -0.39 is 0 Å². The number of likely N-dealkylation sites (tertiary alicyclic amines) is 1. The number of nitrogens with zero attached hydrogens (tertiary/aromatic N) is 1. The van der Waals surface area contributed by atoms with Crippen molar-refractivity contribution in [3.05, 3.63) is 11.3 Å². The molecule has 0 aromatic carbocycles. The molecule has 0 radical (unpaired) electrons. The van der Waals surface area contributed by atoms with Crippen LogP contribution in [0.1, 0.15) is 53.4 Å². The monoisotopic (exact) mass is 336 g/mol. The molecule has 1 saturated heterocycles. The molecule has 24 heavy (non-hydrogen) atoms. The molecule has 3 unspecified atom stereocenters. The van der Waals surface area contributed by atoms with Gasteiger partial charge in [-0.3, -0.25) is 9.69 Å². The van der Waals surface area contributed by atoms with Crippen molar-refractivity contribution in [2.75, 3.05) is 26.7 Å². The van der Waals surface area contributed by atoms with Crippen LogP contribution in [-0.2, 0) is 4.79 Å². The van der Waals surface area contributed by atoms with Crippen molar-refractivity contribution >= 4 is 5.78 Å². The summed E-state index contributed by atoms with van der Waals surface area (Å²) in [7, 11) is 1.83. The van der Waals surface area contributed by atoms with E-state index in [2.05, 4.69) is 41.8 Å². The highest BCUT2D eigenvalue weighted by molar-refractivity contribution is 5.95. The first-order valence-corrected chi connectivity index (χ1v) is 9.59. The lowest BCUT2D eigenvalue weighted by molar-refractivity contribution is -0.116. The fraction of sp³-hybridized carbons (Fsp3) is 0.842. The number of nitrogens with one attached hydrogen (secondary N) is 3. The lowest BCUT2D eigenvalue weighted by Gasteiger charge is -2.24. The third kappa shape index (κ3) is 5.30. The van der Waals surface area contributed by atoms with Gasteiger partial charge in [0, 0.05) is 49.9 Å². The van der Waals surface area contributed by atoms with Crippen molar-refractivity contribution in [1.82, 2.24) is 21.1 Å². The number of hydrazine groups is 1. The van der Waals surface area contributed by atoms with E-state index in [4.69, 9.17) is 0 Å². The zero-order valence-corrected chi connectivity index (χ0v) is 16.1. The van der Waals surface area contributed by atoms with Crippen molar-refractivity contribution in [3.63, 3.8) is 0 Å². The van der Waals surface area contributed by atoms with E-state index in [1.165, 1.54) is 19.4 Å². The quantitative estimate of drug-likeness (QED) is 0.421. The number of ketones is 1. The van der Waals surface area contributed by atoms with E-state index in [0.717, 1.165) is 42.6 Å². The first kappa shape index (κ1) is 19.4. The number of carbonyl (C=O) groups excluding carboxylic acids is 1. The first-order chi connectivity index (χ1) is 11.5. The third-order valence-electron chi connectivity index (χ3n) is 5.77. The molecular formula is C19H36N4O. The van der Waals surface area contributed by atoms with Gasteiger partial charge in [0.25, 0.3) is 0 Å². The van der Waals surface area contributed by atoms with Crippen LogP contribution in [0.4, 0.5) is 0 Å². The third-order valence-corrected chi connectivity index (χ3v) is 5.77. The fourth-order valence-electron chi connectivity index (χ4n) is 3.67. The number of hydrogen-bond donors (Lipinski definition) is 3. The van der Waals surface area contributed by atoms with Gasteiger partial charge >= 0.3 is 0 Å². The summed E-state index contributed by atoms with van der Waals surface area (Å²) >= 11 is 0. The molecule has 1 saturated carbocycles. The average Bonchev–Trinajstić information content (AvgIpc) is 3.07. The van der Waals surface area contributed by atoms with Crippen molar-refractivity contribution in [1.29, 1.82) is 0 Å². The van der Waals surface area contributed by atoms with Gasteiger partial charge in [0.2, 0.25) is 0 Å². The predicted molar refractivity (Wildman–Crippen MR) is 99.5 cm³/mol. The Morgan fingerprint density at radius 3 is 2.67 bits per heavy atom. The number of rotatable bonds is 10. The molecule has 5 heteroatoms. The number of Topliss-reactive ketones (excluding diaryl/α,β-unsaturated/α-hetero) is 1. The van der Waals surface area contributed by atoms with Crippen LogP contribution in [0.25, 0.3) is 0 Å². The Kier molecular flexibility index (Phi) is 7.26. The van der Waals surface area contributed by atoms with Gasteiger partial charge in [0.05, 0.1) is 0 Å². The summed E-state index contributed by atoms with van der Waals surface area (Å²) in [6.07, 6.45) is 4.03. The molecule has 1 heterocycles. The second-order valence-corrected chi connectivity index (χ2v) is 7.67. The molecule has 0 aromatic heterocycles. The van der Waals surface area contributed by atoms with Crippen LogP contribution < -0.4 is 16.2 Å². The average molecular weight is 337 g/mol. The second-order valence-electron chi connectivity index (χ2n) is 7.67. The molecule has 5 nitrogen and oxygen atoms in total. The van der Waals surface area contributed by atoms with E-state index in [1.54, 1.807) is 0 Å². The van der Waals surface area contributed by atoms with Gasteiger partial charge in [-0.2, -0.15) is 0 Å². The van der Waals surface area contributed by atoms with Gasteiger partial charge in [-0.15, -0.1) is 0 Å². The maximum Gasteiger partial charge on any atom is 0.161 e. The Balaban J connectivity index is 1.77. The zero-order valence-electron chi connectivity index (χ0n) is 16.1. The standard InChI is InChI=1S/C19H36N4O/c1-6-18(22-20-5)15(4)19(24)10-14(3)23-8-7-17(12-23)21-11-16-9-13(16)2/h13-14,16-17,20-22H,6-12H2,1-5H3/t13?,14?,16?,17-/m0/s1. The highest BCUT2D eigenvalue weighted by Crippen LogP contribution is 2.37. The summed E-state index contributed by atoms with van der Waals surface area (Å²) in [4.78, 5) is 15.0. The second kappa shape index (κ2) is 8.97. The number of hydrogen-bond acceptors (Lipinski definition) is 5. The van der Waals surface area contributed by atoms with E-state index >= 15 is 0 Å². The summed E-state index contributed by atoms with van der Waals surface area (Å²) in [5, 5.41) is 3.72. The van der Waals surface area contributed by atoms with Gasteiger partial charge in [0.1, 0.15) is 0 Å². The Hall–Kier alpha value is -0.910. The lowest BCUT2D eigenvalue weighted by Crippen LogP contribution is -2.38. The van der Waals surface area contributed by atoms with Gasteiger partial charge in [-0.25, -0.2) is 5.43 Å². The van der Waals surface area contributed by atoms with Crippen molar-refractivity contribution in [2.45, 2.75) is 65.5 Å². The molecule has 2 fully saturated rings. The molecule has 1 aliphatic carbocycles. The van der Waals surface area contributed by atoms with Crippen LogP contribution in [0.15, 0.2) is 11.3 Å². The minimum absolute atomic E-state index is 0.255. The normalized spacial score (nSPS) is 29.3. The molecule has 138 valence electrons. The summed E-state index contributed by atoms with van der Waals surface area (Å²) in [5.41, 5.74) is 7.86. The van der Waals surface area contributed by atoms with Crippen molar-refractivity contribution in [2.24, 2.45) is 11.8 Å². The molecule has 3 N–H and O–H groups in total. The van der Waals surface area contributed by atoms with Gasteiger partial charge in [-0.05, 0) is 51.5 Å².